The van der Waals surface area contributed by atoms with Gasteiger partial charge in [-0.25, -0.2) is 4.79 Å². The minimum atomic E-state index is -0.938. The van der Waals surface area contributed by atoms with Crippen LogP contribution in [0.3, 0.4) is 0 Å². The van der Waals surface area contributed by atoms with Crippen LogP contribution in [0.15, 0.2) is 65.3 Å². The number of esters is 1. The number of nitrogens with zero attached hydrogens (tertiary/aromatic N) is 1. The molecule has 6 heteroatoms. The highest BCUT2D eigenvalue weighted by Gasteiger charge is 2.20. The molecule has 5 nitrogen and oxygen atoms in total. The molecule has 1 N–H and O–H groups in total. The molecule has 0 spiro atoms. The van der Waals surface area contributed by atoms with E-state index in [1.165, 1.54) is 6.92 Å². The van der Waals surface area contributed by atoms with Crippen molar-refractivity contribution in [1.82, 2.24) is 4.98 Å². The van der Waals surface area contributed by atoms with E-state index in [0.717, 1.165) is 10.9 Å². The molecule has 1 heterocycles. The van der Waals surface area contributed by atoms with E-state index >= 15 is 0 Å². The van der Waals surface area contributed by atoms with Crippen molar-refractivity contribution in [1.29, 1.82) is 0 Å². The van der Waals surface area contributed by atoms with Gasteiger partial charge in [-0.2, -0.15) is 0 Å². The Morgan fingerprint density at radius 2 is 1.88 bits per heavy atom. The average Bonchev–Trinajstić information content (AvgIpc) is 2.62. The van der Waals surface area contributed by atoms with Gasteiger partial charge in [0.25, 0.3) is 5.91 Å². The van der Waals surface area contributed by atoms with Crippen LogP contribution in [0.4, 0.5) is 5.69 Å². The van der Waals surface area contributed by atoms with Crippen LogP contribution in [0.25, 0.3) is 10.9 Å². The normalized spacial score (nSPS) is 11.8. The second kappa shape index (κ2) is 7.44. The number of halogens is 1. The molecule has 0 radical (unpaired) electrons. The monoisotopic (exact) mass is 398 g/mol. The van der Waals surface area contributed by atoms with Crippen molar-refractivity contribution in [3.8, 4) is 0 Å². The van der Waals surface area contributed by atoms with E-state index in [4.69, 9.17) is 4.74 Å². The van der Waals surface area contributed by atoms with Gasteiger partial charge in [0.1, 0.15) is 0 Å². The van der Waals surface area contributed by atoms with Crippen molar-refractivity contribution in [3.63, 3.8) is 0 Å². The summed E-state index contributed by atoms with van der Waals surface area (Å²) in [5.74, 6) is -0.966. The van der Waals surface area contributed by atoms with Gasteiger partial charge in [-0.3, -0.25) is 9.78 Å². The summed E-state index contributed by atoms with van der Waals surface area (Å²) in [6, 6.07) is 16.0. The number of pyridine rings is 1. The van der Waals surface area contributed by atoms with Crippen LogP contribution in [0.1, 0.15) is 17.3 Å². The Bertz CT molecular complexity index is 937. The molecule has 25 heavy (non-hydrogen) atoms. The van der Waals surface area contributed by atoms with E-state index in [1.54, 1.807) is 42.6 Å². The highest BCUT2D eigenvalue weighted by atomic mass is 79.9. The molecule has 2 aromatic carbocycles. The fourth-order valence-corrected chi connectivity index (χ4v) is 2.80. The van der Waals surface area contributed by atoms with Gasteiger partial charge in [-0.1, -0.05) is 18.2 Å². The minimum absolute atomic E-state index is 0.372. The third-order valence-corrected chi connectivity index (χ3v) is 4.34. The smallest absolute Gasteiger partial charge is 0.340 e. The van der Waals surface area contributed by atoms with Crippen LogP contribution in [0, 0.1) is 0 Å². The molecular weight excluding hydrogens is 384 g/mol. The first-order valence-electron chi connectivity index (χ1n) is 7.66. The summed E-state index contributed by atoms with van der Waals surface area (Å²) in [7, 11) is 0. The van der Waals surface area contributed by atoms with E-state index in [1.807, 2.05) is 18.2 Å². The Morgan fingerprint density at radius 1 is 1.08 bits per heavy atom. The molecule has 126 valence electrons. The molecule has 0 aliphatic heterocycles. The third kappa shape index (κ3) is 3.85. The molecule has 0 saturated carbocycles. The zero-order valence-corrected chi connectivity index (χ0v) is 15.0. The molecule has 3 aromatic rings. The number of hydrogen-bond donors (Lipinski definition) is 1. The molecule has 1 amide bonds. The largest absolute Gasteiger partial charge is 0.449 e. The van der Waals surface area contributed by atoms with Crippen LogP contribution in [-0.2, 0) is 9.53 Å². The number of nitrogens with one attached hydrogen (secondary N) is 1. The lowest BCUT2D eigenvalue weighted by Crippen LogP contribution is -2.30. The number of benzene rings is 2. The lowest BCUT2D eigenvalue weighted by atomic mass is 10.1. The molecule has 0 aliphatic rings. The third-order valence-electron chi connectivity index (χ3n) is 3.65. The maximum Gasteiger partial charge on any atom is 0.340 e. The first-order valence-corrected chi connectivity index (χ1v) is 8.45. The van der Waals surface area contributed by atoms with Crippen LogP contribution in [-0.4, -0.2) is 23.0 Å². The van der Waals surface area contributed by atoms with Crippen molar-refractivity contribution < 1.29 is 14.3 Å². The summed E-state index contributed by atoms with van der Waals surface area (Å²) in [6.07, 6.45) is 0.752. The Hall–Kier alpha value is -2.73. The predicted octanol–water partition coefficient (Wildman–Crippen LogP) is 4.18. The lowest BCUT2D eigenvalue weighted by molar-refractivity contribution is -0.123. The molecule has 0 fully saturated rings. The zero-order valence-electron chi connectivity index (χ0n) is 13.4. The second-order valence-corrected chi connectivity index (χ2v) is 6.25. The van der Waals surface area contributed by atoms with Gasteiger partial charge in [0, 0.05) is 16.1 Å². The summed E-state index contributed by atoms with van der Waals surface area (Å²) >= 11 is 3.30. The van der Waals surface area contributed by atoms with Crippen molar-refractivity contribution in [2.75, 3.05) is 5.32 Å². The van der Waals surface area contributed by atoms with Gasteiger partial charge < -0.3 is 10.1 Å². The molecular formula is C19H15BrN2O3. The number of carbonyl (C=O) groups is 2. The molecule has 0 saturated heterocycles. The van der Waals surface area contributed by atoms with Gasteiger partial charge in [0.15, 0.2) is 6.10 Å². The lowest BCUT2D eigenvalue weighted by Gasteiger charge is -2.15. The predicted molar refractivity (Wildman–Crippen MR) is 99.4 cm³/mol. The molecule has 0 bridgehead atoms. The molecule has 1 aromatic heterocycles. The number of amides is 1. The Labute approximate surface area is 153 Å². The quantitative estimate of drug-likeness (QED) is 0.669. The number of aromatic nitrogens is 1. The van der Waals surface area contributed by atoms with E-state index in [9.17, 15) is 9.59 Å². The number of anilines is 1. The van der Waals surface area contributed by atoms with E-state index in [0.29, 0.717) is 15.7 Å². The number of carbonyl (C=O) groups excluding carboxylic acids is 2. The molecule has 1 unspecified atom stereocenters. The van der Waals surface area contributed by atoms with Crippen LogP contribution in [0.5, 0.6) is 0 Å². The Morgan fingerprint density at radius 3 is 2.68 bits per heavy atom. The van der Waals surface area contributed by atoms with Crippen molar-refractivity contribution >= 4 is 44.4 Å². The highest BCUT2D eigenvalue weighted by molar-refractivity contribution is 9.10. The van der Waals surface area contributed by atoms with Crippen molar-refractivity contribution in [2.45, 2.75) is 13.0 Å². The van der Waals surface area contributed by atoms with Crippen molar-refractivity contribution in [2.24, 2.45) is 0 Å². The summed E-state index contributed by atoms with van der Waals surface area (Å²) < 4.78 is 5.88. The molecule has 3 rings (SSSR count). The molecule has 0 aliphatic carbocycles. The van der Waals surface area contributed by atoms with Crippen LogP contribution >= 0.6 is 15.9 Å². The van der Waals surface area contributed by atoms with Gasteiger partial charge in [0.2, 0.25) is 0 Å². The van der Waals surface area contributed by atoms with Crippen LogP contribution in [0.2, 0.25) is 0 Å². The minimum Gasteiger partial charge on any atom is -0.449 e. The SMILES string of the molecule is CC(OC(=O)c1ccccc1Br)C(=O)Nc1cccc2ncccc12. The zero-order chi connectivity index (χ0) is 17.8. The second-order valence-electron chi connectivity index (χ2n) is 5.39. The fourth-order valence-electron chi connectivity index (χ4n) is 2.35. The maximum atomic E-state index is 12.4. The fraction of sp³-hybridized carbons (Fsp3) is 0.105. The number of rotatable bonds is 4. The number of hydrogen-bond acceptors (Lipinski definition) is 4. The first-order chi connectivity index (χ1) is 12.1. The van der Waals surface area contributed by atoms with E-state index < -0.39 is 18.0 Å². The van der Waals surface area contributed by atoms with Crippen LogP contribution < -0.4 is 5.32 Å². The van der Waals surface area contributed by atoms with Gasteiger partial charge >= 0.3 is 5.97 Å². The van der Waals surface area contributed by atoms with Gasteiger partial charge in [0.05, 0.1) is 16.8 Å². The number of fused-ring (bicyclic) bond motifs is 1. The van der Waals surface area contributed by atoms with Crippen molar-refractivity contribution in [3.05, 3.63) is 70.8 Å². The summed E-state index contributed by atoms with van der Waals surface area (Å²) in [5.41, 5.74) is 1.77. The topological polar surface area (TPSA) is 68.3 Å². The Balaban J connectivity index is 1.72. The van der Waals surface area contributed by atoms with Gasteiger partial charge in [-0.15, -0.1) is 0 Å². The molecule has 1 atom stereocenters. The maximum absolute atomic E-state index is 12.4. The summed E-state index contributed by atoms with van der Waals surface area (Å²) in [4.78, 5) is 28.8. The Kier molecular flexibility index (Phi) is 5.09. The highest BCUT2D eigenvalue weighted by Crippen LogP contribution is 2.22. The average molecular weight is 399 g/mol. The summed E-state index contributed by atoms with van der Waals surface area (Å²) in [6.45, 7) is 1.54. The van der Waals surface area contributed by atoms with Gasteiger partial charge in [-0.05, 0) is 59.3 Å². The van der Waals surface area contributed by atoms with E-state index in [2.05, 4.69) is 26.2 Å². The van der Waals surface area contributed by atoms with E-state index in [-0.39, 0.29) is 0 Å². The summed E-state index contributed by atoms with van der Waals surface area (Å²) in [5, 5.41) is 3.61. The standard InChI is InChI=1S/C19H15BrN2O3/c1-12(25-19(24)13-6-2-3-8-15(13)20)18(23)22-17-10-4-9-16-14(17)7-5-11-21-16/h2-12H,1H3,(H,22,23). The first kappa shape index (κ1) is 17.1. The number of ether oxygens (including phenoxy) is 1.